The zero-order valence-electron chi connectivity index (χ0n) is 34.2. The first-order chi connectivity index (χ1) is 28.7. The fraction of sp³-hybridized carbons (Fsp3) is 0.714. The van der Waals surface area contributed by atoms with Crippen molar-refractivity contribution in [2.24, 2.45) is 27.9 Å². The van der Waals surface area contributed by atoms with Gasteiger partial charge in [-0.2, -0.15) is 0 Å². The molecule has 0 aromatic rings. The number of carboxylic acid groups (broad SMARTS) is 2. The van der Waals surface area contributed by atoms with Gasteiger partial charge in [0.2, 0.25) is 41.4 Å². The highest BCUT2D eigenvalue weighted by molar-refractivity contribution is 5.98. The van der Waals surface area contributed by atoms with E-state index in [0.717, 1.165) is 11.8 Å². The number of nitrogens with zero attached hydrogens (tertiary/aromatic N) is 2. The molecular formula is C35H62N12O14. The molecule has 9 atom stereocenters. The second-order valence-electron chi connectivity index (χ2n) is 14.4. The third-order valence-electron chi connectivity index (χ3n) is 9.41. The first kappa shape index (κ1) is 53.3. The van der Waals surface area contributed by atoms with Gasteiger partial charge in [-0.05, 0) is 71.8 Å². The molecule has 0 bridgehead atoms. The van der Waals surface area contributed by atoms with Gasteiger partial charge >= 0.3 is 11.9 Å². The molecule has 1 fully saturated rings. The molecule has 0 aliphatic carbocycles. The molecule has 61 heavy (non-hydrogen) atoms. The number of hydrogen-bond acceptors (Lipinski definition) is 15. The third kappa shape index (κ3) is 18.6. The Kier molecular flexibility index (Phi) is 23.8. The Morgan fingerprint density at radius 1 is 0.721 bits per heavy atom. The zero-order valence-corrected chi connectivity index (χ0v) is 34.2. The van der Waals surface area contributed by atoms with Crippen LogP contribution in [0.5, 0.6) is 0 Å². The van der Waals surface area contributed by atoms with Gasteiger partial charge in [0.25, 0.3) is 0 Å². The molecule has 7 amide bonds. The molecule has 26 nitrogen and oxygen atoms in total. The van der Waals surface area contributed by atoms with Gasteiger partial charge in [0.1, 0.15) is 42.3 Å². The Bertz CT molecular complexity index is 1560. The molecule has 1 heterocycles. The Hall–Kier alpha value is -5.70. The van der Waals surface area contributed by atoms with Crippen LogP contribution in [-0.2, 0) is 43.2 Å². The number of aliphatic hydroxyl groups excluding tert-OH is 3. The molecule has 0 aromatic carbocycles. The number of carbonyl (C=O) groups is 9. The van der Waals surface area contributed by atoms with Gasteiger partial charge in [-0.1, -0.05) is 0 Å². The quantitative estimate of drug-likeness (QED) is 0.0197. The van der Waals surface area contributed by atoms with Crippen molar-refractivity contribution < 1.29 is 68.7 Å². The molecule has 0 aromatic heterocycles. The molecular weight excluding hydrogens is 812 g/mol. The van der Waals surface area contributed by atoms with Crippen molar-refractivity contribution in [2.75, 3.05) is 32.8 Å². The van der Waals surface area contributed by atoms with E-state index in [0.29, 0.717) is 19.3 Å². The molecule has 1 aliphatic heterocycles. The maximum absolute atomic E-state index is 13.6. The van der Waals surface area contributed by atoms with E-state index >= 15 is 0 Å². The molecule has 1 rings (SSSR count). The maximum Gasteiger partial charge on any atom is 0.328 e. The van der Waals surface area contributed by atoms with E-state index < -0.39 is 127 Å². The summed E-state index contributed by atoms with van der Waals surface area (Å²) in [4.78, 5) is 120. The van der Waals surface area contributed by atoms with Crippen LogP contribution in [0.25, 0.3) is 0 Å². The van der Waals surface area contributed by atoms with Crippen molar-refractivity contribution in [3.8, 4) is 0 Å². The fourth-order valence-corrected chi connectivity index (χ4v) is 5.99. The lowest BCUT2D eigenvalue weighted by Gasteiger charge is -2.29. The Morgan fingerprint density at radius 3 is 1.80 bits per heavy atom. The van der Waals surface area contributed by atoms with Crippen molar-refractivity contribution in [1.29, 1.82) is 0 Å². The minimum Gasteiger partial charge on any atom is -0.481 e. The van der Waals surface area contributed by atoms with E-state index in [2.05, 4.69) is 36.9 Å². The van der Waals surface area contributed by atoms with Crippen LogP contribution in [0.3, 0.4) is 0 Å². The van der Waals surface area contributed by atoms with Gasteiger partial charge in [-0.15, -0.1) is 0 Å². The van der Waals surface area contributed by atoms with Crippen molar-refractivity contribution in [3.63, 3.8) is 0 Å². The first-order valence-electron chi connectivity index (χ1n) is 19.7. The van der Waals surface area contributed by atoms with E-state index in [4.69, 9.17) is 33.1 Å². The molecule has 346 valence electrons. The number of carbonyl (C=O) groups excluding carboxylic acids is 7. The number of aliphatic carboxylic acids is 2. The highest BCUT2D eigenvalue weighted by atomic mass is 16.4. The SMILES string of the molecule is C[C@H](NC(=O)[C@@H](NC(=O)[C@H](CO)NC(=O)[C@H](CCCN=C(N)N)NC(=O)[C@H](CCCCN)NC(=O)[C@@H](N)CCC(=O)O)[C@@H](C)O)C(=O)N1CCC[C@H]1C(=O)N[C@@H](CO)C(=O)O. The summed E-state index contributed by atoms with van der Waals surface area (Å²) in [6.07, 6.45) is -0.896. The number of likely N-dealkylation sites (tertiary alicyclic amines) is 1. The lowest BCUT2D eigenvalue weighted by Crippen LogP contribution is -2.62. The van der Waals surface area contributed by atoms with Crippen molar-refractivity contribution in [2.45, 2.75) is 126 Å². The largest absolute Gasteiger partial charge is 0.481 e. The predicted molar refractivity (Wildman–Crippen MR) is 213 cm³/mol. The van der Waals surface area contributed by atoms with Crippen LogP contribution < -0.4 is 54.8 Å². The molecule has 1 aliphatic rings. The van der Waals surface area contributed by atoms with Crippen LogP contribution in [0.2, 0.25) is 0 Å². The van der Waals surface area contributed by atoms with E-state index in [9.17, 15) is 58.5 Å². The number of nitrogens with two attached hydrogens (primary N) is 4. The van der Waals surface area contributed by atoms with Crippen LogP contribution in [0.1, 0.15) is 71.6 Å². The second kappa shape index (κ2) is 27.2. The third-order valence-corrected chi connectivity index (χ3v) is 9.41. The molecule has 26 heteroatoms. The van der Waals surface area contributed by atoms with Crippen molar-refractivity contribution in [1.82, 2.24) is 36.8 Å². The van der Waals surface area contributed by atoms with E-state index in [1.807, 2.05) is 0 Å². The van der Waals surface area contributed by atoms with E-state index in [1.54, 1.807) is 0 Å². The molecule has 1 saturated heterocycles. The van der Waals surface area contributed by atoms with Crippen molar-refractivity contribution >= 4 is 59.2 Å². The number of carboxylic acids is 2. The average molecular weight is 875 g/mol. The zero-order chi connectivity index (χ0) is 46.4. The topological polar surface area (TPSA) is 447 Å². The number of guanidine groups is 1. The second-order valence-corrected chi connectivity index (χ2v) is 14.4. The predicted octanol–water partition coefficient (Wildman–Crippen LogP) is -7.27. The van der Waals surface area contributed by atoms with Gasteiger partial charge in [0.05, 0.1) is 25.4 Å². The first-order valence-corrected chi connectivity index (χ1v) is 19.7. The average Bonchev–Trinajstić information content (AvgIpc) is 3.70. The van der Waals surface area contributed by atoms with Gasteiger partial charge in [-0.25, -0.2) is 4.79 Å². The Labute approximate surface area is 351 Å². The number of unbranched alkanes of at least 4 members (excludes halogenated alkanes) is 1. The van der Waals surface area contributed by atoms with Crippen LogP contribution in [-0.4, -0.2) is 177 Å². The minimum absolute atomic E-state index is 0.00755. The monoisotopic (exact) mass is 874 g/mol. The van der Waals surface area contributed by atoms with Crippen LogP contribution in [0.15, 0.2) is 4.99 Å². The molecule has 0 unspecified atom stereocenters. The summed E-state index contributed by atoms with van der Waals surface area (Å²) < 4.78 is 0. The van der Waals surface area contributed by atoms with E-state index in [1.165, 1.54) is 6.92 Å². The Balaban J connectivity index is 3.16. The van der Waals surface area contributed by atoms with Gasteiger partial charge in [-0.3, -0.25) is 43.3 Å². The summed E-state index contributed by atoms with van der Waals surface area (Å²) in [7, 11) is 0. The maximum atomic E-state index is 13.6. The normalized spacial score (nSPS) is 17.4. The Morgan fingerprint density at radius 2 is 1.28 bits per heavy atom. The highest BCUT2D eigenvalue weighted by Crippen LogP contribution is 2.19. The van der Waals surface area contributed by atoms with Crippen LogP contribution in [0, 0.1) is 0 Å². The van der Waals surface area contributed by atoms with Gasteiger partial charge in [0, 0.05) is 19.5 Å². The van der Waals surface area contributed by atoms with Crippen LogP contribution >= 0.6 is 0 Å². The summed E-state index contributed by atoms with van der Waals surface area (Å²) >= 11 is 0. The number of nitrogens with one attached hydrogen (secondary N) is 6. The number of amides is 7. The number of aliphatic imine (C=N–C) groups is 1. The fourth-order valence-electron chi connectivity index (χ4n) is 5.99. The summed E-state index contributed by atoms with van der Waals surface area (Å²) in [5.74, 6) is -9.46. The lowest BCUT2D eigenvalue weighted by atomic mass is 10.0. The lowest BCUT2D eigenvalue weighted by molar-refractivity contribution is -0.145. The summed E-state index contributed by atoms with van der Waals surface area (Å²) in [6.45, 7) is 0.805. The number of rotatable bonds is 28. The number of aliphatic hydroxyl groups is 3. The molecule has 0 radical (unpaired) electrons. The van der Waals surface area contributed by atoms with Crippen LogP contribution in [0.4, 0.5) is 0 Å². The van der Waals surface area contributed by atoms with E-state index in [-0.39, 0.29) is 57.7 Å². The van der Waals surface area contributed by atoms with Crippen molar-refractivity contribution in [3.05, 3.63) is 0 Å². The minimum atomic E-state index is -1.78. The summed E-state index contributed by atoms with van der Waals surface area (Å²) in [5.41, 5.74) is 22.2. The highest BCUT2D eigenvalue weighted by Gasteiger charge is 2.39. The number of hydrogen-bond donors (Lipinski definition) is 15. The molecule has 0 saturated carbocycles. The standard InChI is InChI=1S/C35H62N12O14/c1-17(33(59)47-14-6-9-24(47)31(57)45-23(16-49)34(60)61)41-32(58)26(18(2)50)46-30(56)22(15-48)44-29(55)21(8-5-13-40-35(38)39)43-28(54)20(7-3-4-12-36)42-27(53)19(37)10-11-25(51)52/h17-24,26,48-50H,3-16,36-37H2,1-2H3,(H,41,58)(H,42,53)(H,43,54)(H,44,55)(H,45,57)(H,46,56)(H,51,52)(H,60,61)(H4,38,39,40)/t17-,18+,19-,20-,21-,22-,23-,24-,26-/m0/s1. The summed E-state index contributed by atoms with van der Waals surface area (Å²) in [6, 6.07) is -11.6. The molecule has 0 spiro atoms. The van der Waals surface area contributed by atoms with Gasteiger partial charge in [0.15, 0.2) is 5.96 Å². The van der Waals surface area contributed by atoms with Gasteiger partial charge < -0.3 is 85.3 Å². The summed E-state index contributed by atoms with van der Waals surface area (Å²) in [5, 5.41) is 61.8. The molecule has 19 N–H and O–H groups in total. The smallest absolute Gasteiger partial charge is 0.328 e.